The van der Waals surface area contributed by atoms with Gasteiger partial charge >= 0.3 is 6.03 Å². The predicted molar refractivity (Wildman–Crippen MR) is 61.1 cm³/mol. The Hall–Kier alpha value is -1.06. The van der Waals surface area contributed by atoms with Gasteiger partial charge in [-0.3, -0.25) is 4.79 Å². The summed E-state index contributed by atoms with van der Waals surface area (Å²) in [5.41, 5.74) is 0. The minimum Gasteiger partial charge on any atom is -0.341 e. The lowest BCUT2D eigenvalue weighted by atomic mass is 9.89. The molecule has 2 fully saturated rings. The maximum atomic E-state index is 11.8. The number of urea groups is 1. The Morgan fingerprint density at radius 1 is 1.31 bits per heavy atom. The summed E-state index contributed by atoms with van der Waals surface area (Å²) in [4.78, 5) is 25.4. The largest absolute Gasteiger partial charge is 0.341 e. The molecule has 1 N–H and O–H groups in total. The summed E-state index contributed by atoms with van der Waals surface area (Å²) in [5, 5.41) is 2.68. The highest BCUT2D eigenvalue weighted by Gasteiger charge is 2.38. The summed E-state index contributed by atoms with van der Waals surface area (Å²) in [6.45, 7) is 0.800. The van der Waals surface area contributed by atoms with Crippen LogP contribution in [-0.4, -0.2) is 36.3 Å². The average Bonchev–Trinajstić information content (AvgIpc) is 2.74. The van der Waals surface area contributed by atoms with Crippen LogP contribution in [0.3, 0.4) is 0 Å². The van der Waals surface area contributed by atoms with Crippen LogP contribution in [0.15, 0.2) is 0 Å². The molecule has 0 radical (unpaired) electrons. The van der Waals surface area contributed by atoms with Crippen LogP contribution in [0.5, 0.6) is 0 Å². The Balaban J connectivity index is 2.09. The molecule has 0 bridgehead atoms. The minimum absolute atomic E-state index is 0.0237. The summed E-state index contributed by atoms with van der Waals surface area (Å²) < 4.78 is 0. The van der Waals surface area contributed by atoms with Crippen molar-refractivity contribution in [2.45, 2.75) is 44.6 Å². The third kappa shape index (κ3) is 2.06. The van der Waals surface area contributed by atoms with Crippen LogP contribution >= 0.6 is 0 Å². The van der Waals surface area contributed by atoms with Gasteiger partial charge in [-0.05, 0) is 32.1 Å². The molecule has 1 heterocycles. The van der Waals surface area contributed by atoms with Crippen molar-refractivity contribution in [1.82, 2.24) is 10.2 Å². The summed E-state index contributed by atoms with van der Waals surface area (Å²) >= 11 is 0. The smallest absolute Gasteiger partial charge is 0.317 e. The van der Waals surface area contributed by atoms with E-state index >= 15 is 0 Å². The zero-order valence-corrected chi connectivity index (χ0v) is 9.87. The zero-order valence-electron chi connectivity index (χ0n) is 9.87. The third-order valence-electron chi connectivity index (χ3n) is 3.84. The molecule has 0 aromatic heterocycles. The highest BCUT2D eigenvalue weighted by Crippen LogP contribution is 2.32. The molecule has 2 amide bonds. The maximum absolute atomic E-state index is 11.8. The lowest BCUT2D eigenvalue weighted by Crippen LogP contribution is -2.51. The molecular weight excluding hydrogens is 204 g/mol. The topological polar surface area (TPSA) is 49.4 Å². The minimum atomic E-state index is -0.0237. The molecular formula is C12H20N2O2. The molecule has 2 rings (SSSR count). The number of carbonyl (C=O) groups excluding carboxylic acids is 2. The van der Waals surface area contributed by atoms with Crippen LogP contribution in [0.1, 0.15) is 38.5 Å². The van der Waals surface area contributed by atoms with Crippen LogP contribution in [-0.2, 0) is 4.79 Å². The maximum Gasteiger partial charge on any atom is 0.317 e. The number of nitrogens with zero attached hydrogens (tertiary/aromatic N) is 1. The first-order valence-corrected chi connectivity index (χ1v) is 6.25. The van der Waals surface area contributed by atoms with Gasteiger partial charge in [-0.15, -0.1) is 0 Å². The second-order valence-electron chi connectivity index (χ2n) is 4.78. The number of amides is 2. The second-order valence-corrected chi connectivity index (χ2v) is 4.78. The number of Topliss-reactive ketones (excluding diaryl/α,β-unsaturated/α-hetero) is 1. The fraction of sp³-hybridized carbons (Fsp3) is 0.833. The van der Waals surface area contributed by atoms with E-state index in [1.165, 1.54) is 0 Å². The van der Waals surface area contributed by atoms with Crippen LogP contribution in [0.4, 0.5) is 4.79 Å². The zero-order chi connectivity index (χ0) is 11.5. The first-order valence-electron chi connectivity index (χ1n) is 6.25. The number of likely N-dealkylation sites (tertiary alicyclic amines) is 1. The van der Waals surface area contributed by atoms with E-state index in [-0.39, 0.29) is 18.0 Å². The highest BCUT2D eigenvalue weighted by molar-refractivity contribution is 5.84. The number of piperidine rings is 1. The number of rotatable bonds is 1. The van der Waals surface area contributed by atoms with Gasteiger partial charge in [0.25, 0.3) is 0 Å². The van der Waals surface area contributed by atoms with Gasteiger partial charge in [-0.1, -0.05) is 0 Å². The van der Waals surface area contributed by atoms with E-state index in [4.69, 9.17) is 0 Å². The van der Waals surface area contributed by atoms with Crippen molar-refractivity contribution in [2.75, 3.05) is 13.6 Å². The van der Waals surface area contributed by atoms with Crippen LogP contribution in [0.2, 0.25) is 0 Å². The Morgan fingerprint density at radius 3 is 2.75 bits per heavy atom. The summed E-state index contributed by atoms with van der Waals surface area (Å²) in [6.07, 6.45) is 5.87. The normalized spacial score (nSPS) is 30.6. The first kappa shape index (κ1) is 11.4. The number of hydrogen-bond donors (Lipinski definition) is 1. The fourth-order valence-corrected chi connectivity index (χ4v) is 3.02. The molecule has 90 valence electrons. The number of nitrogens with one attached hydrogen (secondary N) is 1. The predicted octanol–water partition coefficient (Wildman–Crippen LogP) is 1.55. The molecule has 1 aliphatic carbocycles. The van der Waals surface area contributed by atoms with E-state index in [0.29, 0.717) is 12.2 Å². The molecule has 2 atom stereocenters. The van der Waals surface area contributed by atoms with Crippen molar-refractivity contribution in [3.05, 3.63) is 0 Å². The van der Waals surface area contributed by atoms with Crippen LogP contribution < -0.4 is 5.32 Å². The fourth-order valence-electron chi connectivity index (χ4n) is 3.02. The number of hydrogen-bond acceptors (Lipinski definition) is 2. The highest BCUT2D eigenvalue weighted by atomic mass is 16.2. The van der Waals surface area contributed by atoms with E-state index in [1.54, 1.807) is 7.05 Å². The Morgan fingerprint density at radius 2 is 2.12 bits per heavy atom. The molecule has 4 nitrogen and oxygen atoms in total. The molecule has 16 heavy (non-hydrogen) atoms. The van der Waals surface area contributed by atoms with Gasteiger partial charge in [0, 0.05) is 32.0 Å². The second kappa shape index (κ2) is 4.85. The molecule has 0 spiro atoms. The summed E-state index contributed by atoms with van der Waals surface area (Å²) in [5.74, 6) is 0.471. The molecule has 2 aliphatic rings. The van der Waals surface area contributed by atoms with Gasteiger partial charge in [0.2, 0.25) is 0 Å². The average molecular weight is 224 g/mol. The SMILES string of the molecule is CNC(=O)N1CCCCC1C1CCCC1=O. The number of ketones is 1. The van der Waals surface area contributed by atoms with Gasteiger partial charge in [-0.25, -0.2) is 4.79 Å². The quantitative estimate of drug-likeness (QED) is 0.734. The van der Waals surface area contributed by atoms with E-state index in [0.717, 1.165) is 38.6 Å². The molecule has 0 aromatic carbocycles. The van der Waals surface area contributed by atoms with E-state index in [2.05, 4.69) is 5.32 Å². The molecule has 1 saturated heterocycles. The lowest BCUT2D eigenvalue weighted by Gasteiger charge is -2.38. The van der Waals surface area contributed by atoms with Crippen molar-refractivity contribution in [1.29, 1.82) is 0 Å². The van der Waals surface area contributed by atoms with Crippen molar-refractivity contribution in [3.8, 4) is 0 Å². The van der Waals surface area contributed by atoms with E-state index in [9.17, 15) is 9.59 Å². The lowest BCUT2D eigenvalue weighted by molar-refractivity contribution is -0.122. The van der Waals surface area contributed by atoms with Crippen molar-refractivity contribution in [2.24, 2.45) is 5.92 Å². The Kier molecular flexibility index (Phi) is 3.46. The van der Waals surface area contributed by atoms with Crippen LogP contribution in [0, 0.1) is 5.92 Å². The van der Waals surface area contributed by atoms with Crippen LogP contribution in [0.25, 0.3) is 0 Å². The Bertz CT molecular complexity index is 291. The van der Waals surface area contributed by atoms with Gasteiger partial charge < -0.3 is 10.2 Å². The summed E-state index contributed by atoms with van der Waals surface area (Å²) in [7, 11) is 1.66. The monoisotopic (exact) mass is 224 g/mol. The summed E-state index contributed by atoms with van der Waals surface area (Å²) in [6, 6.07) is 0.132. The molecule has 2 unspecified atom stereocenters. The molecule has 1 aliphatic heterocycles. The van der Waals surface area contributed by atoms with Gasteiger partial charge in [-0.2, -0.15) is 0 Å². The molecule has 0 aromatic rings. The molecule has 1 saturated carbocycles. The third-order valence-corrected chi connectivity index (χ3v) is 3.84. The standard InChI is InChI=1S/C12H20N2O2/c1-13-12(16)14-8-3-2-6-10(14)9-5-4-7-11(9)15/h9-10H,2-8H2,1H3,(H,13,16). The molecule has 4 heteroatoms. The van der Waals surface area contributed by atoms with Gasteiger partial charge in [0.1, 0.15) is 5.78 Å². The van der Waals surface area contributed by atoms with Gasteiger partial charge in [0.15, 0.2) is 0 Å². The van der Waals surface area contributed by atoms with Gasteiger partial charge in [0.05, 0.1) is 0 Å². The Labute approximate surface area is 96.4 Å². The van der Waals surface area contributed by atoms with E-state index in [1.807, 2.05) is 4.90 Å². The van der Waals surface area contributed by atoms with Crippen molar-refractivity contribution >= 4 is 11.8 Å². The van der Waals surface area contributed by atoms with Crippen molar-refractivity contribution in [3.63, 3.8) is 0 Å². The first-order chi connectivity index (χ1) is 7.74. The van der Waals surface area contributed by atoms with E-state index < -0.39 is 0 Å². The number of carbonyl (C=O) groups is 2. The van der Waals surface area contributed by atoms with Crippen molar-refractivity contribution < 1.29 is 9.59 Å².